The molecular formula is C19H36N4O. The molecule has 3 N–H and O–H groups in total. The lowest BCUT2D eigenvalue weighted by atomic mass is 9.74. The molecule has 2 aliphatic rings. The first-order valence-electron chi connectivity index (χ1n) is 9.34. The van der Waals surface area contributed by atoms with E-state index < -0.39 is 0 Å². The normalized spacial score (nSPS) is 25.2. The van der Waals surface area contributed by atoms with Crippen molar-refractivity contribution in [2.75, 3.05) is 6.54 Å². The molecule has 0 spiro atoms. The fourth-order valence-corrected chi connectivity index (χ4v) is 3.63. The Hall–Kier alpha value is -1.23. The van der Waals surface area contributed by atoms with Gasteiger partial charge in [-0.25, -0.2) is 0 Å². The van der Waals surface area contributed by atoms with Gasteiger partial charge in [-0.3, -0.25) is 9.80 Å². The number of hydrazine groups is 2. The standard InChI is InChI=1S/C19H36N4O/c1-18(2,3)11-14-7-9-15(10-8-14)17(24)20-12-16-13-23(22-21-16)19(4,5)6/h13-15,21-22H,7-12H2,1-6H3,(H,20,24). The van der Waals surface area contributed by atoms with Crippen LogP contribution in [0.15, 0.2) is 11.9 Å². The van der Waals surface area contributed by atoms with Gasteiger partial charge in [-0.2, -0.15) is 0 Å². The molecule has 0 atom stereocenters. The van der Waals surface area contributed by atoms with Crippen LogP contribution in [0.3, 0.4) is 0 Å². The highest BCUT2D eigenvalue weighted by Gasteiger charge is 2.29. The van der Waals surface area contributed by atoms with Crippen LogP contribution in [-0.2, 0) is 4.79 Å². The molecule has 0 saturated heterocycles. The molecule has 0 unspecified atom stereocenters. The molecule has 1 aliphatic heterocycles. The van der Waals surface area contributed by atoms with Crippen LogP contribution in [0.25, 0.3) is 0 Å². The zero-order valence-electron chi connectivity index (χ0n) is 16.3. The molecule has 1 heterocycles. The second-order valence-corrected chi connectivity index (χ2v) is 9.63. The van der Waals surface area contributed by atoms with Gasteiger partial charge in [0.1, 0.15) is 0 Å². The van der Waals surface area contributed by atoms with Crippen LogP contribution in [0.5, 0.6) is 0 Å². The SMILES string of the molecule is CC(C)(C)CC1CCC(C(=O)NCC2=CN(C(C)(C)C)NN2)CC1. The number of rotatable bonds is 4. The first-order chi connectivity index (χ1) is 11.0. The van der Waals surface area contributed by atoms with Crippen LogP contribution in [0.2, 0.25) is 0 Å². The van der Waals surface area contributed by atoms with Crippen molar-refractivity contribution in [2.45, 2.75) is 79.2 Å². The van der Waals surface area contributed by atoms with Crippen molar-refractivity contribution in [3.63, 3.8) is 0 Å². The summed E-state index contributed by atoms with van der Waals surface area (Å²) in [5.74, 6) is 1.19. The molecule has 0 aromatic rings. The smallest absolute Gasteiger partial charge is 0.223 e. The molecule has 0 aromatic carbocycles. The second-order valence-electron chi connectivity index (χ2n) is 9.63. The van der Waals surface area contributed by atoms with E-state index in [0.717, 1.165) is 24.5 Å². The number of nitrogens with zero attached hydrogens (tertiary/aromatic N) is 1. The lowest BCUT2D eigenvalue weighted by molar-refractivity contribution is -0.126. The molecule has 138 valence electrons. The largest absolute Gasteiger partial charge is 0.350 e. The Morgan fingerprint density at radius 1 is 1.17 bits per heavy atom. The summed E-state index contributed by atoms with van der Waals surface area (Å²) in [6, 6.07) is 0. The van der Waals surface area contributed by atoms with Crippen LogP contribution in [-0.4, -0.2) is 23.0 Å². The number of amides is 1. The van der Waals surface area contributed by atoms with Crippen molar-refractivity contribution in [3.8, 4) is 0 Å². The van der Waals surface area contributed by atoms with Gasteiger partial charge in [-0.15, -0.1) is 5.53 Å². The zero-order chi connectivity index (χ0) is 18.0. The van der Waals surface area contributed by atoms with Gasteiger partial charge in [0.05, 0.1) is 12.2 Å². The first kappa shape index (κ1) is 19.1. The van der Waals surface area contributed by atoms with E-state index in [-0.39, 0.29) is 17.4 Å². The number of hydrogen-bond acceptors (Lipinski definition) is 4. The Morgan fingerprint density at radius 2 is 1.79 bits per heavy atom. The van der Waals surface area contributed by atoms with Crippen molar-refractivity contribution in [2.24, 2.45) is 17.3 Å². The molecule has 0 radical (unpaired) electrons. The summed E-state index contributed by atoms with van der Waals surface area (Å²) >= 11 is 0. The molecule has 1 amide bonds. The van der Waals surface area contributed by atoms with Crippen molar-refractivity contribution in [1.29, 1.82) is 0 Å². The van der Waals surface area contributed by atoms with E-state index >= 15 is 0 Å². The summed E-state index contributed by atoms with van der Waals surface area (Å²) in [6.07, 6.45) is 7.75. The van der Waals surface area contributed by atoms with Crippen LogP contribution < -0.4 is 16.3 Å². The number of nitrogens with one attached hydrogen (secondary N) is 3. The summed E-state index contributed by atoms with van der Waals surface area (Å²) in [7, 11) is 0. The first-order valence-corrected chi connectivity index (χ1v) is 9.34. The van der Waals surface area contributed by atoms with E-state index in [9.17, 15) is 4.79 Å². The van der Waals surface area contributed by atoms with E-state index in [4.69, 9.17) is 0 Å². The van der Waals surface area contributed by atoms with Crippen LogP contribution in [0.1, 0.15) is 73.6 Å². The number of hydrogen-bond donors (Lipinski definition) is 3. The maximum atomic E-state index is 12.4. The van der Waals surface area contributed by atoms with E-state index in [1.54, 1.807) is 0 Å². The van der Waals surface area contributed by atoms with Gasteiger partial charge in [-0.05, 0) is 64.2 Å². The van der Waals surface area contributed by atoms with Gasteiger partial charge in [0.2, 0.25) is 5.91 Å². The molecule has 0 bridgehead atoms. The maximum absolute atomic E-state index is 12.4. The van der Waals surface area contributed by atoms with Gasteiger partial charge < -0.3 is 10.7 Å². The van der Waals surface area contributed by atoms with E-state index in [1.165, 1.54) is 19.3 Å². The minimum Gasteiger partial charge on any atom is -0.350 e. The van der Waals surface area contributed by atoms with E-state index in [1.807, 2.05) is 11.2 Å². The highest BCUT2D eigenvalue weighted by molar-refractivity contribution is 5.78. The van der Waals surface area contributed by atoms with Gasteiger partial charge >= 0.3 is 0 Å². The quantitative estimate of drug-likeness (QED) is 0.737. The van der Waals surface area contributed by atoms with E-state index in [2.05, 4.69) is 57.8 Å². The summed E-state index contributed by atoms with van der Waals surface area (Å²) in [5, 5.41) is 5.11. The highest BCUT2D eigenvalue weighted by atomic mass is 16.1. The summed E-state index contributed by atoms with van der Waals surface area (Å²) < 4.78 is 0. The van der Waals surface area contributed by atoms with Gasteiger partial charge in [0, 0.05) is 17.7 Å². The molecule has 1 saturated carbocycles. The molecule has 2 rings (SSSR count). The Balaban J connectivity index is 1.73. The average molecular weight is 337 g/mol. The average Bonchev–Trinajstić information content (AvgIpc) is 2.93. The third-order valence-electron chi connectivity index (χ3n) is 4.92. The van der Waals surface area contributed by atoms with Crippen LogP contribution in [0.4, 0.5) is 0 Å². The molecule has 0 aromatic heterocycles. The predicted octanol–water partition coefficient (Wildman–Crippen LogP) is 3.31. The molecule has 1 aliphatic carbocycles. The second kappa shape index (κ2) is 7.34. The topological polar surface area (TPSA) is 56.4 Å². The monoisotopic (exact) mass is 336 g/mol. The van der Waals surface area contributed by atoms with Gasteiger partial charge in [0.25, 0.3) is 0 Å². The minimum atomic E-state index is 0.00416. The molecule has 5 heteroatoms. The molecule has 1 fully saturated rings. The molecule has 24 heavy (non-hydrogen) atoms. The fourth-order valence-electron chi connectivity index (χ4n) is 3.63. The summed E-state index contributed by atoms with van der Waals surface area (Å²) in [4.78, 5) is 12.4. The summed E-state index contributed by atoms with van der Waals surface area (Å²) in [6.45, 7) is 13.9. The lowest BCUT2D eigenvalue weighted by Crippen LogP contribution is -2.47. The lowest BCUT2D eigenvalue weighted by Gasteiger charge is -2.32. The zero-order valence-corrected chi connectivity index (χ0v) is 16.3. The molecule has 5 nitrogen and oxygen atoms in total. The summed E-state index contributed by atoms with van der Waals surface area (Å²) in [5.41, 5.74) is 7.64. The van der Waals surface area contributed by atoms with Gasteiger partial charge in [0.15, 0.2) is 0 Å². The van der Waals surface area contributed by atoms with Crippen molar-refractivity contribution < 1.29 is 4.79 Å². The third-order valence-corrected chi connectivity index (χ3v) is 4.92. The van der Waals surface area contributed by atoms with Crippen molar-refractivity contribution >= 4 is 5.91 Å². The van der Waals surface area contributed by atoms with Crippen LogP contribution >= 0.6 is 0 Å². The minimum absolute atomic E-state index is 0.00416. The van der Waals surface area contributed by atoms with Crippen LogP contribution in [0, 0.1) is 17.3 Å². The molecular weight excluding hydrogens is 300 g/mol. The predicted molar refractivity (Wildman–Crippen MR) is 98.5 cm³/mol. The van der Waals surface area contributed by atoms with Crippen molar-refractivity contribution in [1.82, 2.24) is 21.3 Å². The van der Waals surface area contributed by atoms with E-state index in [0.29, 0.717) is 12.0 Å². The Morgan fingerprint density at radius 3 is 2.29 bits per heavy atom. The maximum Gasteiger partial charge on any atom is 0.223 e. The Labute approximate surface area is 147 Å². The number of carbonyl (C=O) groups excluding carboxylic acids is 1. The Bertz CT molecular complexity index is 465. The highest BCUT2D eigenvalue weighted by Crippen LogP contribution is 2.36. The van der Waals surface area contributed by atoms with Crippen molar-refractivity contribution in [3.05, 3.63) is 11.9 Å². The fraction of sp³-hybridized carbons (Fsp3) is 0.842. The Kier molecular flexibility index (Phi) is 5.84. The third kappa shape index (κ3) is 5.69. The van der Waals surface area contributed by atoms with Gasteiger partial charge in [-0.1, -0.05) is 20.8 Å². The number of carbonyl (C=O) groups is 1.